The Hall–Kier alpha value is -3.31. The van der Waals surface area contributed by atoms with Gasteiger partial charge < -0.3 is 10.2 Å². The molecule has 3 amide bonds. The van der Waals surface area contributed by atoms with Crippen molar-refractivity contribution in [3.63, 3.8) is 0 Å². The van der Waals surface area contributed by atoms with Crippen molar-refractivity contribution in [2.24, 2.45) is 0 Å². The molecule has 0 saturated heterocycles. The molecule has 2 aromatic carbocycles. The lowest BCUT2D eigenvalue weighted by molar-refractivity contribution is -0.0941. The van der Waals surface area contributed by atoms with Gasteiger partial charge in [0.25, 0.3) is 5.91 Å². The van der Waals surface area contributed by atoms with Gasteiger partial charge in [-0.3, -0.25) is 10.1 Å². The number of nitrogens with zero attached hydrogens (tertiary/aromatic N) is 1. The van der Waals surface area contributed by atoms with Gasteiger partial charge in [-0.05, 0) is 49.2 Å². The number of rotatable bonds is 4. The number of nitrogens with one attached hydrogen (secondary N) is 2. The molecule has 0 aliphatic carbocycles. The predicted octanol–water partition coefficient (Wildman–Crippen LogP) is 6.38. The van der Waals surface area contributed by atoms with Crippen LogP contribution in [0.3, 0.4) is 0 Å². The van der Waals surface area contributed by atoms with Crippen molar-refractivity contribution in [2.75, 3.05) is 11.9 Å². The highest BCUT2D eigenvalue weighted by atomic mass is 35.5. The van der Waals surface area contributed by atoms with E-state index >= 15 is 0 Å². The second-order valence-corrected chi connectivity index (χ2v) is 8.22. The normalized spacial score (nSPS) is 13.7. The number of hydrogen-bond donors (Lipinski definition) is 2. The number of carbonyl (C=O) groups excluding carboxylic acids is 2. The van der Waals surface area contributed by atoms with E-state index in [1.165, 1.54) is 19.9 Å². The molecular formula is C22H16Cl2F5N3O3. The van der Waals surface area contributed by atoms with Gasteiger partial charge >= 0.3 is 12.2 Å². The van der Waals surface area contributed by atoms with Crippen molar-refractivity contribution < 1.29 is 36.4 Å². The lowest BCUT2D eigenvalue weighted by Crippen LogP contribution is -2.35. The Kier molecular flexibility index (Phi) is 7.61. The maximum absolute atomic E-state index is 13.8. The second kappa shape index (κ2) is 10.1. The number of allylic oxidation sites excluding steroid dienone is 2. The maximum Gasteiger partial charge on any atom is 0.417 e. The third kappa shape index (κ3) is 6.04. The Bertz CT molecular complexity index is 1240. The van der Waals surface area contributed by atoms with E-state index in [0.717, 1.165) is 35.5 Å². The van der Waals surface area contributed by atoms with E-state index in [2.05, 4.69) is 5.32 Å². The molecule has 0 aromatic heterocycles. The van der Waals surface area contributed by atoms with Crippen LogP contribution >= 0.6 is 23.2 Å². The molecule has 0 unspecified atom stereocenters. The van der Waals surface area contributed by atoms with Gasteiger partial charge in [0, 0.05) is 10.7 Å². The Morgan fingerprint density at radius 1 is 1.11 bits per heavy atom. The molecule has 186 valence electrons. The Balaban J connectivity index is 1.78. The van der Waals surface area contributed by atoms with E-state index in [1.807, 2.05) is 5.32 Å². The minimum atomic E-state index is -4.65. The lowest BCUT2D eigenvalue weighted by atomic mass is 10.1. The number of hydroxylamine groups is 2. The summed E-state index contributed by atoms with van der Waals surface area (Å²) in [6.45, 7) is 2.81. The van der Waals surface area contributed by atoms with Gasteiger partial charge in [-0.15, -0.1) is 0 Å². The fourth-order valence-electron chi connectivity index (χ4n) is 3.06. The number of anilines is 1. The average Bonchev–Trinajstić information content (AvgIpc) is 2.73. The molecule has 0 radical (unpaired) electrons. The third-order valence-corrected chi connectivity index (χ3v) is 5.44. The summed E-state index contributed by atoms with van der Waals surface area (Å²) in [7, 11) is 0. The zero-order chi connectivity index (χ0) is 26.1. The van der Waals surface area contributed by atoms with Gasteiger partial charge in [0.1, 0.15) is 17.2 Å². The van der Waals surface area contributed by atoms with Gasteiger partial charge in [0.05, 0.1) is 23.3 Å². The van der Waals surface area contributed by atoms with Crippen LogP contribution in [-0.2, 0) is 0 Å². The summed E-state index contributed by atoms with van der Waals surface area (Å²) in [4.78, 5) is 29.9. The number of imide groups is 1. The number of hydrogen-bond acceptors (Lipinski definition) is 4. The molecule has 13 heteroatoms. The lowest BCUT2D eigenvalue weighted by Gasteiger charge is -2.27. The number of halogens is 7. The highest BCUT2D eigenvalue weighted by Gasteiger charge is 2.35. The quantitative estimate of drug-likeness (QED) is 0.446. The summed E-state index contributed by atoms with van der Waals surface area (Å²) in [5.41, 5.74) is -1.29. The predicted molar refractivity (Wildman–Crippen MR) is 119 cm³/mol. The van der Waals surface area contributed by atoms with Gasteiger partial charge in [-0.1, -0.05) is 29.3 Å². The van der Waals surface area contributed by atoms with E-state index in [1.54, 1.807) is 0 Å². The molecule has 3 rings (SSSR count). The summed E-state index contributed by atoms with van der Waals surface area (Å²) in [5, 5.41) is 4.85. The molecule has 1 aliphatic heterocycles. The molecule has 0 saturated carbocycles. The van der Waals surface area contributed by atoms with Crippen LogP contribution in [0.5, 0.6) is 5.75 Å². The van der Waals surface area contributed by atoms with Gasteiger partial charge in [0.15, 0.2) is 5.75 Å². The fourth-order valence-corrected chi connectivity index (χ4v) is 3.58. The van der Waals surface area contributed by atoms with Crippen LogP contribution in [0.4, 0.5) is 32.4 Å². The molecule has 0 spiro atoms. The third-order valence-electron chi connectivity index (χ3n) is 4.75. The summed E-state index contributed by atoms with van der Waals surface area (Å²) in [6.07, 6.45) is -3.15. The van der Waals surface area contributed by atoms with Gasteiger partial charge in [-0.2, -0.15) is 13.2 Å². The van der Waals surface area contributed by atoms with Crippen LogP contribution in [0.25, 0.3) is 0 Å². The van der Waals surface area contributed by atoms with Crippen molar-refractivity contribution >= 4 is 40.8 Å². The first-order valence-corrected chi connectivity index (χ1v) is 10.5. The molecule has 2 aromatic rings. The standard InChI is InChI=1S/C22H16Cl2F5N3O3/c1-10-6-16(30-21(34)31-20(33)17-14(25)4-3-5-15(17)26)11(2)18(24)19(10)35-32-8-12(22(27,28)29)7-13(23)9-32/h3-8H,9H2,1-2H3,(H2,30,31,33,34). The number of alkyl halides is 3. The fraction of sp³-hybridized carbons (Fsp3) is 0.182. The summed E-state index contributed by atoms with van der Waals surface area (Å²) in [6, 6.07) is 3.07. The van der Waals surface area contributed by atoms with Crippen molar-refractivity contribution in [3.8, 4) is 5.75 Å². The van der Waals surface area contributed by atoms with Crippen LogP contribution in [0, 0.1) is 25.5 Å². The zero-order valence-corrected chi connectivity index (χ0v) is 19.5. The number of amides is 3. The monoisotopic (exact) mass is 535 g/mol. The average molecular weight is 536 g/mol. The number of carbonyl (C=O) groups is 2. The van der Waals surface area contributed by atoms with Crippen molar-refractivity contribution in [3.05, 3.63) is 80.5 Å². The van der Waals surface area contributed by atoms with Crippen LogP contribution in [0.2, 0.25) is 5.02 Å². The molecule has 0 atom stereocenters. The van der Waals surface area contributed by atoms with Crippen LogP contribution in [0.15, 0.2) is 47.1 Å². The van der Waals surface area contributed by atoms with E-state index < -0.39 is 40.9 Å². The van der Waals surface area contributed by atoms with Gasteiger partial charge in [-0.25, -0.2) is 18.6 Å². The van der Waals surface area contributed by atoms with Crippen molar-refractivity contribution in [1.82, 2.24) is 10.4 Å². The molecule has 1 heterocycles. The topological polar surface area (TPSA) is 70.7 Å². The maximum atomic E-state index is 13.8. The smallest absolute Gasteiger partial charge is 0.378 e. The second-order valence-electron chi connectivity index (χ2n) is 7.35. The number of urea groups is 1. The molecule has 0 fully saturated rings. The number of aryl methyl sites for hydroxylation is 1. The van der Waals surface area contributed by atoms with Crippen molar-refractivity contribution in [2.45, 2.75) is 20.0 Å². The van der Waals surface area contributed by atoms with E-state index in [4.69, 9.17) is 28.0 Å². The minimum absolute atomic E-state index is 0.00349. The highest BCUT2D eigenvalue weighted by Crippen LogP contribution is 2.38. The molecule has 6 nitrogen and oxygen atoms in total. The Labute approximate surface area is 205 Å². The van der Waals surface area contributed by atoms with Crippen LogP contribution < -0.4 is 15.5 Å². The van der Waals surface area contributed by atoms with E-state index in [-0.39, 0.29) is 33.6 Å². The molecule has 35 heavy (non-hydrogen) atoms. The SMILES string of the molecule is Cc1cc(NC(=O)NC(=O)c2c(F)cccc2F)c(C)c(Cl)c1ON1C=C(C(F)(F)F)C=C(Cl)C1. The summed E-state index contributed by atoms with van der Waals surface area (Å²) >= 11 is 12.1. The molecule has 1 aliphatic rings. The molecule has 2 N–H and O–H groups in total. The van der Waals surface area contributed by atoms with Crippen LogP contribution in [0.1, 0.15) is 21.5 Å². The highest BCUT2D eigenvalue weighted by molar-refractivity contribution is 6.33. The number of benzene rings is 2. The van der Waals surface area contributed by atoms with Crippen molar-refractivity contribution in [1.29, 1.82) is 0 Å². The van der Waals surface area contributed by atoms with Gasteiger partial charge in [0.2, 0.25) is 0 Å². The first-order chi connectivity index (χ1) is 16.3. The van der Waals surface area contributed by atoms with E-state index in [9.17, 15) is 31.5 Å². The summed E-state index contributed by atoms with van der Waals surface area (Å²) in [5.74, 6) is -3.60. The molecule has 0 bridgehead atoms. The molecular weight excluding hydrogens is 520 g/mol. The zero-order valence-electron chi connectivity index (χ0n) is 18.0. The first kappa shape index (κ1) is 26.3. The Morgan fingerprint density at radius 2 is 1.74 bits per heavy atom. The van der Waals surface area contributed by atoms with E-state index in [0.29, 0.717) is 5.56 Å². The summed E-state index contributed by atoms with van der Waals surface area (Å²) < 4.78 is 66.7. The Morgan fingerprint density at radius 3 is 2.34 bits per heavy atom. The first-order valence-electron chi connectivity index (χ1n) is 9.73. The minimum Gasteiger partial charge on any atom is -0.378 e. The van der Waals surface area contributed by atoms with Crippen LogP contribution in [-0.4, -0.2) is 29.7 Å². The largest absolute Gasteiger partial charge is 0.417 e.